The first-order valence-electron chi connectivity index (χ1n) is 5.92. The van der Waals surface area contributed by atoms with Gasteiger partial charge in [-0.25, -0.2) is 8.42 Å². The highest BCUT2D eigenvalue weighted by Crippen LogP contribution is 2.30. The first-order chi connectivity index (χ1) is 9.49. The summed E-state index contributed by atoms with van der Waals surface area (Å²) in [7, 11) is -4.29. The zero-order valence-corrected chi connectivity index (χ0v) is 14.4. The van der Waals surface area contributed by atoms with E-state index in [2.05, 4.69) is 15.9 Å². The number of nitrogens with zero attached hydrogens (tertiary/aromatic N) is 1. The van der Waals surface area contributed by atoms with Crippen LogP contribution in [0, 0.1) is 0 Å². The second kappa shape index (κ2) is 6.85. The van der Waals surface area contributed by atoms with Gasteiger partial charge >= 0.3 is 6.18 Å². The Kier molecular flexibility index (Phi) is 6.11. The van der Waals surface area contributed by atoms with Gasteiger partial charge in [-0.3, -0.25) is 0 Å². The molecule has 0 saturated carbocycles. The van der Waals surface area contributed by atoms with Crippen molar-refractivity contribution in [2.24, 2.45) is 0 Å². The molecule has 0 heterocycles. The summed E-state index contributed by atoms with van der Waals surface area (Å²) in [6.45, 7) is 1.25. The number of rotatable bonds is 5. The Morgan fingerprint density at radius 3 is 2.33 bits per heavy atom. The van der Waals surface area contributed by atoms with E-state index >= 15 is 0 Å². The van der Waals surface area contributed by atoms with Crippen LogP contribution in [-0.2, 0) is 15.9 Å². The molecule has 0 fully saturated rings. The summed E-state index contributed by atoms with van der Waals surface area (Å²) in [6, 6.07) is 3.50. The van der Waals surface area contributed by atoms with Gasteiger partial charge in [0.05, 0.1) is 4.90 Å². The van der Waals surface area contributed by atoms with Crippen LogP contribution in [0.2, 0.25) is 0 Å². The van der Waals surface area contributed by atoms with E-state index in [9.17, 15) is 21.6 Å². The quantitative estimate of drug-likeness (QED) is 0.687. The lowest BCUT2D eigenvalue weighted by molar-refractivity contribution is -0.138. The van der Waals surface area contributed by atoms with Crippen molar-refractivity contribution >= 4 is 37.6 Å². The van der Waals surface area contributed by atoms with Crippen molar-refractivity contribution in [2.45, 2.75) is 36.8 Å². The van der Waals surface area contributed by atoms with Gasteiger partial charge in [0.25, 0.3) is 0 Å². The number of hydrogen-bond donors (Lipinski definition) is 0. The lowest BCUT2D eigenvalue weighted by Gasteiger charge is -2.27. The Bertz CT molecular complexity index is 605. The summed E-state index contributed by atoms with van der Waals surface area (Å²) in [6.07, 6.45) is -4.62. The van der Waals surface area contributed by atoms with Gasteiger partial charge in [-0.2, -0.15) is 17.5 Å². The van der Waals surface area contributed by atoms with Gasteiger partial charge in [0.15, 0.2) is 0 Å². The van der Waals surface area contributed by atoms with Crippen molar-refractivity contribution in [3.63, 3.8) is 0 Å². The van der Waals surface area contributed by atoms with Crippen LogP contribution in [0.5, 0.6) is 0 Å². The summed E-state index contributed by atoms with van der Waals surface area (Å²) < 4.78 is 63.5. The summed E-state index contributed by atoms with van der Waals surface area (Å²) >= 11 is 8.71. The highest BCUT2D eigenvalue weighted by molar-refractivity contribution is 9.10. The third kappa shape index (κ3) is 4.84. The molecular formula is C12H14BrClF3NO2S. The first-order valence-corrected chi connectivity index (χ1v) is 8.69. The second-order valence-electron chi connectivity index (χ2n) is 4.66. The van der Waals surface area contributed by atoms with Crippen LogP contribution in [0.1, 0.15) is 19.4 Å². The zero-order chi connectivity index (χ0) is 16.4. The van der Waals surface area contributed by atoms with Crippen LogP contribution in [0.25, 0.3) is 0 Å². The Hall–Kier alpha value is -0.310. The van der Waals surface area contributed by atoms with E-state index in [0.717, 1.165) is 0 Å². The highest BCUT2D eigenvalue weighted by Gasteiger charge is 2.39. The molecule has 0 bridgehead atoms. The van der Waals surface area contributed by atoms with Crippen molar-refractivity contribution in [1.82, 2.24) is 4.31 Å². The molecule has 0 aliphatic heterocycles. The first kappa shape index (κ1) is 18.7. The fraction of sp³-hybridized carbons (Fsp3) is 0.500. The van der Waals surface area contributed by atoms with Crippen LogP contribution >= 0.6 is 27.5 Å². The third-order valence-corrected chi connectivity index (χ3v) is 5.97. The lowest BCUT2D eigenvalue weighted by Crippen LogP contribution is -2.43. The van der Waals surface area contributed by atoms with E-state index in [4.69, 9.17) is 11.6 Å². The zero-order valence-electron chi connectivity index (χ0n) is 11.3. The average Bonchev–Trinajstić information content (AvgIpc) is 2.35. The Labute approximate surface area is 135 Å². The number of sulfonamides is 1. The maximum Gasteiger partial charge on any atom is 0.402 e. The predicted molar refractivity (Wildman–Crippen MR) is 78.8 cm³/mol. The van der Waals surface area contributed by atoms with Crippen molar-refractivity contribution in [2.75, 3.05) is 6.54 Å². The summed E-state index contributed by atoms with van der Waals surface area (Å²) in [5, 5.41) is 0. The molecule has 1 rings (SSSR count). The van der Waals surface area contributed by atoms with Crippen molar-refractivity contribution < 1.29 is 21.6 Å². The monoisotopic (exact) mass is 407 g/mol. The van der Waals surface area contributed by atoms with Crippen LogP contribution in [0.15, 0.2) is 27.6 Å². The molecule has 9 heteroatoms. The summed E-state index contributed by atoms with van der Waals surface area (Å²) in [4.78, 5) is -0.224. The summed E-state index contributed by atoms with van der Waals surface area (Å²) in [5.41, 5.74) is 0.508. The van der Waals surface area contributed by atoms with Gasteiger partial charge in [-0.15, -0.1) is 11.6 Å². The van der Waals surface area contributed by atoms with Gasteiger partial charge < -0.3 is 0 Å². The molecule has 0 unspecified atom stereocenters. The van der Waals surface area contributed by atoms with Crippen molar-refractivity contribution in [1.29, 1.82) is 0 Å². The fourth-order valence-electron chi connectivity index (χ4n) is 1.68. The van der Waals surface area contributed by atoms with Gasteiger partial charge in [0.2, 0.25) is 10.0 Å². The summed E-state index contributed by atoms with van der Waals surface area (Å²) in [5.74, 6) is 0.0662. The van der Waals surface area contributed by atoms with E-state index < -0.39 is 28.8 Å². The highest BCUT2D eigenvalue weighted by atomic mass is 79.9. The number of alkyl halides is 4. The van der Waals surface area contributed by atoms with E-state index in [0.29, 0.717) is 9.87 Å². The lowest BCUT2D eigenvalue weighted by atomic mass is 10.2. The van der Waals surface area contributed by atoms with E-state index in [1.54, 1.807) is 6.07 Å². The van der Waals surface area contributed by atoms with Crippen molar-refractivity contribution in [3.05, 3.63) is 28.2 Å². The minimum absolute atomic E-state index is 0.0662. The molecule has 0 amide bonds. The predicted octanol–water partition coefficient (Wildman–Crippen LogP) is 4.15. The molecule has 120 valence electrons. The molecule has 0 aliphatic carbocycles. The minimum atomic E-state index is -4.62. The molecule has 3 nitrogen and oxygen atoms in total. The number of benzene rings is 1. The third-order valence-electron chi connectivity index (χ3n) is 2.65. The molecule has 1 aromatic rings. The molecule has 0 saturated heterocycles. The molecule has 1 aromatic carbocycles. The molecule has 0 N–H and O–H groups in total. The van der Waals surface area contributed by atoms with Crippen molar-refractivity contribution in [3.8, 4) is 0 Å². The van der Waals surface area contributed by atoms with E-state index in [1.807, 2.05) is 0 Å². The topological polar surface area (TPSA) is 37.4 Å². The number of halogens is 5. The standard InChI is InChI=1S/C12H14BrClF3NO2S/c1-8(2)18(7-12(15,16)17)21(19,20)11-5-9(6-14)3-4-10(11)13/h3-5,8H,6-7H2,1-2H3. The van der Waals surface area contributed by atoms with Crippen LogP contribution in [-0.4, -0.2) is 31.5 Å². The molecule has 0 atom stereocenters. The Morgan fingerprint density at radius 1 is 1.33 bits per heavy atom. The fourth-order valence-corrected chi connectivity index (χ4v) is 4.44. The van der Waals surface area contributed by atoms with Gasteiger partial charge in [0.1, 0.15) is 6.54 Å². The number of hydrogen-bond acceptors (Lipinski definition) is 2. The van der Waals surface area contributed by atoms with Gasteiger partial charge in [0, 0.05) is 16.4 Å². The Balaban J connectivity index is 3.36. The molecule has 0 aliphatic rings. The average molecular weight is 409 g/mol. The normalized spacial score (nSPS) is 13.2. The minimum Gasteiger partial charge on any atom is -0.207 e. The molecular weight excluding hydrogens is 395 g/mol. The van der Waals surface area contributed by atoms with Gasteiger partial charge in [-0.05, 0) is 47.5 Å². The van der Waals surface area contributed by atoms with E-state index in [1.165, 1.54) is 26.0 Å². The van der Waals surface area contributed by atoms with Crippen LogP contribution < -0.4 is 0 Å². The van der Waals surface area contributed by atoms with E-state index in [-0.39, 0.29) is 15.2 Å². The van der Waals surface area contributed by atoms with Crippen LogP contribution in [0.4, 0.5) is 13.2 Å². The molecule has 0 radical (unpaired) electrons. The Morgan fingerprint density at radius 2 is 1.90 bits per heavy atom. The SMILES string of the molecule is CC(C)N(CC(F)(F)F)S(=O)(=O)c1cc(CCl)ccc1Br. The molecule has 0 aromatic heterocycles. The largest absolute Gasteiger partial charge is 0.402 e. The molecule has 21 heavy (non-hydrogen) atoms. The maximum atomic E-state index is 12.6. The van der Waals surface area contributed by atoms with Crippen LogP contribution in [0.3, 0.4) is 0 Å². The van der Waals surface area contributed by atoms with Gasteiger partial charge in [-0.1, -0.05) is 6.07 Å². The second-order valence-corrected chi connectivity index (χ2v) is 7.64. The molecule has 0 spiro atoms. The maximum absolute atomic E-state index is 12.6. The smallest absolute Gasteiger partial charge is 0.207 e.